The van der Waals surface area contributed by atoms with Crippen LogP contribution in [0, 0.1) is 0 Å². The smallest absolute Gasteiger partial charge is 0.254 e. The van der Waals surface area contributed by atoms with E-state index in [0.29, 0.717) is 17.3 Å². The highest BCUT2D eigenvalue weighted by Crippen LogP contribution is 2.36. The lowest BCUT2D eigenvalue weighted by molar-refractivity contribution is 0.195. The third kappa shape index (κ3) is 3.60. The Bertz CT molecular complexity index is 1000. The summed E-state index contributed by atoms with van der Waals surface area (Å²) < 4.78 is 12.6. The van der Waals surface area contributed by atoms with Crippen molar-refractivity contribution >= 4 is 23.4 Å². The number of rotatable bonds is 7. The maximum Gasteiger partial charge on any atom is 0.254 e. The number of methoxy groups -OCH3 is 2. The molecule has 0 saturated carbocycles. The molecule has 29 heavy (non-hydrogen) atoms. The molecule has 9 heteroatoms. The molecular weight excluding hydrogens is 388 g/mol. The molecule has 1 N–H and O–H groups in total. The quantitative estimate of drug-likeness (QED) is 0.632. The average Bonchev–Trinajstić information content (AvgIpc) is 3.41. The van der Waals surface area contributed by atoms with Crippen molar-refractivity contribution in [2.24, 2.45) is 0 Å². The van der Waals surface area contributed by atoms with Gasteiger partial charge >= 0.3 is 0 Å². The highest BCUT2D eigenvalue weighted by atomic mass is 32.2. The van der Waals surface area contributed by atoms with Crippen molar-refractivity contribution in [3.8, 4) is 22.6 Å². The van der Waals surface area contributed by atoms with E-state index >= 15 is 0 Å². The molecule has 0 bridgehead atoms. The number of likely N-dealkylation sites (N-methyl/N-ethyl adjacent to an activating group) is 1. The highest BCUT2D eigenvalue weighted by Gasteiger charge is 2.36. The molecule has 0 amide bonds. The van der Waals surface area contributed by atoms with Gasteiger partial charge in [0.15, 0.2) is 11.5 Å². The van der Waals surface area contributed by atoms with Gasteiger partial charge in [0, 0.05) is 29.6 Å². The lowest BCUT2D eigenvalue weighted by atomic mass is 9.97. The first-order chi connectivity index (χ1) is 14.1. The van der Waals surface area contributed by atoms with E-state index in [4.69, 9.17) is 9.47 Å². The van der Waals surface area contributed by atoms with Crippen LogP contribution in [0.3, 0.4) is 0 Å². The molecular formula is C20H26N6O2S. The fraction of sp³-hybridized carbons (Fsp3) is 0.450. The van der Waals surface area contributed by atoms with Gasteiger partial charge in [0.05, 0.1) is 14.2 Å². The monoisotopic (exact) mass is 414 g/mol. The molecule has 8 nitrogen and oxygen atoms in total. The molecule has 4 rings (SSSR count). The van der Waals surface area contributed by atoms with Crippen LogP contribution in [0.15, 0.2) is 30.7 Å². The minimum absolute atomic E-state index is 0.107. The van der Waals surface area contributed by atoms with Gasteiger partial charge in [-0.15, -0.1) is 0 Å². The van der Waals surface area contributed by atoms with E-state index in [1.807, 2.05) is 36.2 Å². The van der Waals surface area contributed by atoms with Crippen molar-refractivity contribution in [2.45, 2.75) is 12.0 Å². The number of nitrogens with zero attached hydrogens (tertiary/aromatic N) is 5. The van der Waals surface area contributed by atoms with Crippen molar-refractivity contribution in [1.82, 2.24) is 24.5 Å². The number of ether oxygens (including phenoxy) is 2. The molecule has 1 aromatic carbocycles. The van der Waals surface area contributed by atoms with Crippen LogP contribution in [0.5, 0.6) is 11.5 Å². The van der Waals surface area contributed by atoms with Gasteiger partial charge in [0.1, 0.15) is 12.1 Å². The van der Waals surface area contributed by atoms with Gasteiger partial charge in [-0.25, -0.2) is 4.98 Å². The maximum absolute atomic E-state index is 5.49. The van der Waals surface area contributed by atoms with Gasteiger partial charge in [0.2, 0.25) is 0 Å². The summed E-state index contributed by atoms with van der Waals surface area (Å²) in [5.41, 5.74) is 2.01. The van der Waals surface area contributed by atoms with Gasteiger partial charge in [-0.1, -0.05) is 6.07 Å². The summed E-state index contributed by atoms with van der Waals surface area (Å²) in [6, 6.07) is 5.86. The van der Waals surface area contributed by atoms with Crippen LogP contribution < -0.4 is 14.8 Å². The van der Waals surface area contributed by atoms with Crippen LogP contribution in [-0.2, 0) is 0 Å². The fourth-order valence-corrected chi connectivity index (χ4v) is 5.21. The lowest BCUT2D eigenvalue weighted by Gasteiger charge is -2.36. The molecule has 3 aromatic rings. The second-order valence-electron chi connectivity index (χ2n) is 7.34. The first-order valence-electron chi connectivity index (χ1n) is 9.48. The van der Waals surface area contributed by atoms with Crippen molar-refractivity contribution in [3.05, 3.63) is 30.7 Å². The normalized spacial score (nSPS) is 19.1. The Balaban J connectivity index is 1.76. The van der Waals surface area contributed by atoms with Gasteiger partial charge in [-0.3, -0.25) is 0 Å². The predicted molar refractivity (Wildman–Crippen MR) is 116 cm³/mol. The van der Waals surface area contributed by atoms with Crippen LogP contribution in [0.25, 0.3) is 16.9 Å². The SMILES string of the molecule is COc1ccc(-c2cnc3ncnn3c2NC[C@]2(N(C)C)CCSC2)cc1OC. The largest absolute Gasteiger partial charge is 0.493 e. The summed E-state index contributed by atoms with van der Waals surface area (Å²) in [5.74, 6) is 5.08. The molecule has 0 radical (unpaired) electrons. The molecule has 2 aromatic heterocycles. The average molecular weight is 415 g/mol. The van der Waals surface area contributed by atoms with Crippen LogP contribution in [0.4, 0.5) is 5.82 Å². The number of aromatic nitrogens is 4. The van der Waals surface area contributed by atoms with E-state index in [9.17, 15) is 0 Å². The molecule has 1 atom stereocenters. The third-order valence-electron chi connectivity index (χ3n) is 5.62. The number of nitrogens with one attached hydrogen (secondary N) is 1. The zero-order valence-electron chi connectivity index (χ0n) is 17.2. The maximum atomic E-state index is 5.49. The van der Waals surface area contributed by atoms with Crippen molar-refractivity contribution < 1.29 is 9.47 Å². The molecule has 1 saturated heterocycles. The number of benzene rings is 1. The lowest BCUT2D eigenvalue weighted by Crippen LogP contribution is -2.50. The molecule has 1 fully saturated rings. The van der Waals surface area contributed by atoms with E-state index in [0.717, 1.165) is 35.7 Å². The summed E-state index contributed by atoms with van der Waals surface area (Å²) >= 11 is 2.00. The molecule has 154 valence electrons. The fourth-order valence-electron chi connectivity index (χ4n) is 3.66. The van der Waals surface area contributed by atoms with Crippen LogP contribution in [0.2, 0.25) is 0 Å². The van der Waals surface area contributed by atoms with E-state index in [2.05, 4.69) is 39.4 Å². The summed E-state index contributed by atoms with van der Waals surface area (Å²) in [7, 11) is 7.58. The van der Waals surface area contributed by atoms with Crippen molar-refractivity contribution in [2.75, 3.05) is 51.7 Å². The Hall–Kier alpha value is -2.52. The van der Waals surface area contributed by atoms with Crippen LogP contribution in [0.1, 0.15) is 6.42 Å². The van der Waals surface area contributed by atoms with Gasteiger partial charge in [0.25, 0.3) is 5.78 Å². The number of hydrogen-bond acceptors (Lipinski definition) is 8. The topological polar surface area (TPSA) is 76.8 Å². The Kier molecular flexibility index (Phi) is 5.51. The molecule has 0 spiro atoms. The second kappa shape index (κ2) is 8.08. The van der Waals surface area contributed by atoms with Crippen molar-refractivity contribution in [1.29, 1.82) is 0 Å². The number of hydrogen-bond donors (Lipinski definition) is 1. The second-order valence-corrected chi connectivity index (χ2v) is 8.44. The van der Waals surface area contributed by atoms with Gasteiger partial charge < -0.3 is 19.7 Å². The van der Waals surface area contributed by atoms with Crippen LogP contribution >= 0.6 is 11.8 Å². The molecule has 1 aliphatic heterocycles. The number of thioether (sulfide) groups is 1. The number of fused-ring (bicyclic) bond motifs is 1. The Morgan fingerprint density at radius 3 is 2.72 bits per heavy atom. The third-order valence-corrected chi connectivity index (χ3v) is 6.85. The summed E-state index contributed by atoms with van der Waals surface area (Å²) in [5, 5.41) is 8.06. The molecule has 0 unspecified atom stereocenters. The summed E-state index contributed by atoms with van der Waals surface area (Å²) in [6.07, 6.45) is 4.51. The number of anilines is 1. The zero-order valence-corrected chi connectivity index (χ0v) is 18.0. The van der Waals surface area contributed by atoms with Gasteiger partial charge in [-0.05, 0) is 44.0 Å². The first-order valence-corrected chi connectivity index (χ1v) is 10.6. The molecule has 3 heterocycles. The Morgan fingerprint density at radius 1 is 1.21 bits per heavy atom. The van der Waals surface area contributed by atoms with E-state index in [1.54, 1.807) is 18.7 Å². The summed E-state index contributed by atoms with van der Waals surface area (Å²) in [6.45, 7) is 0.812. The van der Waals surface area contributed by atoms with Crippen molar-refractivity contribution in [3.63, 3.8) is 0 Å². The van der Waals surface area contributed by atoms with Crippen LogP contribution in [-0.4, -0.2) is 76.4 Å². The predicted octanol–water partition coefficient (Wildman–Crippen LogP) is 2.66. The molecule has 1 aliphatic rings. The minimum Gasteiger partial charge on any atom is -0.493 e. The van der Waals surface area contributed by atoms with E-state index < -0.39 is 0 Å². The van der Waals surface area contributed by atoms with E-state index in [-0.39, 0.29) is 5.54 Å². The Morgan fingerprint density at radius 2 is 2.03 bits per heavy atom. The Labute approximate surface area is 174 Å². The summed E-state index contributed by atoms with van der Waals surface area (Å²) in [4.78, 5) is 11.0. The zero-order chi connectivity index (χ0) is 20.4. The first kappa shape index (κ1) is 19.8. The van der Waals surface area contributed by atoms with Gasteiger partial charge in [-0.2, -0.15) is 26.4 Å². The minimum atomic E-state index is 0.107. The highest BCUT2D eigenvalue weighted by molar-refractivity contribution is 7.99. The standard InChI is InChI=1S/C20H26N6O2S/c1-25(2)20(7-8-29-12-20)11-22-18-15(10-21-19-23-13-24-26(18)19)14-5-6-16(27-3)17(9-14)28-4/h5-6,9-10,13,22H,7-8,11-12H2,1-4H3/t20-/m1/s1. The molecule has 0 aliphatic carbocycles. The van der Waals surface area contributed by atoms with E-state index in [1.165, 1.54) is 12.1 Å².